The summed E-state index contributed by atoms with van der Waals surface area (Å²) in [4.78, 5) is 29.8. The Morgan fingerprint density at radius 3 is 2.58 bits per heavy atom. The van der Waals surface area contributed by atoms with Gasteiger partial charge >= 0.3 is 5.97 Å². The van der Waals surface area contributed by atoms with Gasteiger partial charge in [0.2, 0.25) is 5.91 Å². The fourth-order valence-corrected chi connectivity index (χ4v) is 4.23. The topological polar surface area (TPSA) is 97.7 Å². The first-order valence-electron chi connectivity index (χ1n) is 11.4. The number of aromatic nitrogens is 1. The molecule has 0 unspecified atom stereocenters. The predicted octanol–water partition coefficient (Wildman–Crippen LogP) is 3.40. The molecule has 1 saturated carbocycles. The Morgan fingerprint density at radius 1 is 1.19 bits per heavy atom. The standard InChI is InChI=1S/C24H33N3O4/c1-15(2)27-11-9-17(10-12-27)31-18-5-7-21-20(13-18)19(6-8-22(25)28)23(26-21)24(29)30-14-16-3-4-16/h5,7,13,15-17,26H,3-4,6,8-12,14H2,1-2H3,(H2,25,28). The molecule has 2 aromatic rings. The van der Waals surface area contributed by atoms with Crippen LogP contribution in [0.2, 0.25) is 0 Å². The van der Waals surface area contributed by atoms with Crippen molar-refractivity contribution in [2.24, 2.45) is 11.7 Å². The molecule has 0 radical (unpaired) electrons. The summed E-state index contributed by atoms with van der Waals surface area (Å²) in [6, 6.07) is 6.39. The van der Waals surface area contributed by atoms with Crippen LogP contribution in [-0.4, -0.2) is 53.6 Å². The maximum atomic E-state index is 12.7. The van der Waals surface area contributed by atoms with E-state index in [0.717, 1.165) is 61.0 Å². The van der Waals surface area contributed by atoms with E-state index < -0.39 is 5.91 Å². The molecule has 0 spiro atoms. The molecule has 31 heavy (non-hydrogen) atoms. The molecule has 7 nitrogen and oxygen atoms in total. The van der Waals surface area contributed by atoms with E-state index in [0.29, 0.717) is 30.7 Å². The number of nitrogens with zero attached hydrogens (tertiary/aromatic N) is 1. The minimum atomic E-state index is -0.393. The normalized spacial score (nSPS) is 17.9. The maximum absolute atomic E-state index is 12.7. The van der Waals surface area contributed by atoms with Crippen LogP contribution in [0.25, 0.3) is 10.9 Å². The molecule has 1 aliphatic heterocycles. The number of aryl methyl sites for hydroxylation is 1. The zero-order chi connectivity index (χ0) is 22.0. The lowest BCUT2D eigenvalue weighted by molar-refractivity contribution is -0.117. The summed E-state index contributed by atoms with van der Waals surface area (Å²) in [6.07, 6.45) is 4.97. The third-order valence-electron chi connectivity index (χ3n) is 6.36. The summed E-state index contributed by atoms with van der Waals surface area (Å²) in [7, 11) is 0. The van der Waals surface area contributed by atoms with Crippen molar-refractivity contribution in [2.45, 2.75) is 64.5 Å². The van der Waals surface area contributed by atoms with E-state index in [1.54, 1.807) is 0 Å². The third kappa shape index (κ3) is 5.39. The number of nitrogens with two attached hydrogens (primary N) is 1. The first-order valence-corrected chi connectivity index (χ1v) is 11.4. The van der Waals surface area contributed by atoms with Crippen LogP contribution in [-0.2, 0) is 16.0 Å². The third-order valence-corrected chi connectivity index (χ3v) is 6.36. The molecule has 4 rings (SSSR count). The Kier molecular flexibility index (Phi) is 6.51. The number of primary amides is 1. The zero-order valence-corrected chi connectivity index (χ0v) is 18.5. The number of hydrogen-bond acceptors (Lipinski definition) is 5. The Morgan fingerprint density at radius 2 is 1.94 bits per heavy atom. The van der Waals surface area contributed by atoms with Crippen molar-refractivity contribution >= 4 is 22.8 Å². The van der Waals surface area contributed by atoms with Crippen molar-refractivity contribution in [2.75, 3.05) is 19.7 Å². The number of ether oxygens (including phenoxy) is 2. The molecule has 2 fully saturated rings. The minimum Gasteiger partial charge on any atom is -0.490 e. The van der Waals surface area contributed by atoms with Gasteiger partial charge in [0.05, 0.1) is 6.61 Å². The summed E-state index contributed by atoms with van der Waals surface area (Å²) in [5, 5.41) is 0.886. The van der Waals surface area contributed by atoms with Crippen molar-refractivity contribution in [1.29, 1.82) is 0 Å². The largest absolute Gasteiger partial charge is 0.490 e. The predicted molar refractivity (Wildman–Crippen MR) is 119 cm³/mol. The fourth-order valence-electron chi connectivity index (χ4n) is 4.23. The average molecular weight is 428 g/mol. The number of piperidine rings is 1. The van der Waals surface area contributed by atoms with Gasteiger partial charge in [-0.3, -0.25) is 4.79 Å². The van der Waals surface area contributed by atoms with E-state index in [1.165, 1.54) is 0 Å². The molecule has 1 aromatic heterocycles. The van der Waals surface area contributed by atoms with Crippen LogP contribution in [0, 0.1) is 5.92 Å². The second kappa shape index (κ2) is 9.30. The van der Waals surface area contributed by atoms with Gasteiger partial charge in [0.25, 0.3) is 0 Å². The highest BCUT2D eigenvalue weighted by Crippen LogP contribution is 2.32. The Balaban J connectivity index is 1.52. The van der Waals surface area contributed by atoms with Crippen molar-refractivity contribution in [3.05, 3.63) is 29.5 Å². The zero-order valence-electron chi connectivity index (χ0n) is 18.5. The first kappa shape index (κ1) is 21.7. The van der Waals surface area contributed by atoms with Crippen LogP contribution in [0.5, 0.6) is 5.75 Å². The SMILES string of the molecule is CC(C)N1CCC(Oc2ccc3[nH]c(C(=O)OCC4CC4)c(CCC(N)=O)c3c2)CC1. The van der Waals surface area contributed by atoms with Crippen molar-refractivity contribution < 1.29 is 19.1 Å². The number of fused-ring (bicyclic) bond motifs is 1. The number of likely N-dealkylation sites (tertiary alicyclic amines) is 1. The molecule has 3 N–H and O–H groups in total. The van der Waals surface area contributed by atoms with Crippen LogP contribution in [0.1, 0.15) is 62.0 Å². The van der Waals surface area contributed by atoms with Gasteiger partial charge in [-0.1, -0.05) is 0 Å². The number of carbonyl (C=O) groups excluding carboxylic acids is 2. The average Bonchev–Trinajstić information content (AvgIpc) is 3.50. The van der Waals surface area contributed by atoms with Crippen LogP contribution < -0.4 is 10.5 Å². The number of H-pyrrole nitrogens is 1. The van der Waals surface area contributed by atoms with Crippen LogP contribution in [0.3, 0.4) is 0 Å². The highest BCUT2D eigenvalue weighted by molar-refractivity contribution is 5.99. The van der Waals surface area contributed by atoms with Crippen LogP contribution in [0.4, 0.5) is 0 Å². The van der Waals surface area contributed by atoms with Gasteiger partial charge in [-0.05, 0) is 75.6 Å². The number of hydrogen-bond donors (Lipinski definition) is 2. The van der Waals surface area contributed by atoms with E-state index in [9.17, 15) is 9.59 Å². The number of carbonyl (C=O) groups is 2. The lowest BCUT2D eigenvalue weighted by Gasteiger charge is -2.34. The van der Waals surface area contributed by atoms with E-state index in [2.05, 4.69) is 23.7 Å². The van der Waals surface area contributed by atoms with E-state index in [4.69, 9.17) is 15.2 Å². The summed E-state index contributed by atoms with van der Waals surface area (Å²) >= 11 is 0. The summed E-state index contributed by atoms with van der Waals surface area (Å²) in [5.41, 5.74) is 7.40. The summed E-state index contributed by atoms with van der Waals surface area (Å²) in [5.74, 6) is 0.513. The minimum absolute atomic E-state index is 0.175. The van der Waals surface area contributed by atoms with Gasteiger partial charge in [-0.25, -0.2) is 4.79 Å². The molecule has 168 valence electrons. The van der Waals surface area contributed by atoms with Crippen molar-refractivity contribution in [1.82, 2.24) is 9.88 Å². The molecule has 7 heteroatoms. The van der Waals surface area contributed by atoms with Gasteiger partial charge in [-0.15, -0.1) is 0 Å². The number of nitrogens with one attached hydrogen (secondary N) is 1. The highest BCUT2D eigenvalue weighted by atomic mass is 16.5. The number of benzene rings is 1. The van der Waals surface area contributed by atoms with Gasteiger partial charge in [-0.2, -0.15) is 0 Å². The number of aromatic amines is 1. The molecule has 0 bridgehead atoms. The van der Waals surface area contributed by atoms with Gasteiger partial charge in [0.1, 0.15) is 17.5 Å². The molecule has 2 aliphatic rings. The Hall–Kier alpha value is -2.54. The lowest BCUT2D eigenvalue weighted by atomic mass is 10.0. The Bertz CT molecular complexity index is 940. The number of amides is 1. The highest BCUT2D eigenvalue weighted by Gasteiger charge is 2.26. The molecule has 1 amide bonds. The summed E-state index contributed by atoms with van der Waals surface area (Å²) < 4.78 is 11.8. The molecule has 1 aliphatic carbocycles. The van der Waals surface area contributed by atoms with E-state index >= 15 is 0 Å². The van der Waals surface area contributed by atoms with E-state index in [1.807, 2.05) is 18.2 Å². The fraction of sp³-hybridized carbons (Fsp3) is 0.583. The molecular formula is C24H33N3O4. The van der Waals surface area contributed by atoms with Crippen molar-refractivity contribution in [3.8, 4) is 5.75 Å². The van der Waals surface area contributed by atoms with E-state index in [-0.39, 0.29) is 18.5 Å². The first-order chi connectivity index (χ1) is 14.9. The van der Waals surface area contributed by atoms with Crippen LogP contribution in [0.15, 0.2) is 18.2 Å². The van der Waals surface area contributed by atoms with Gasteiger partial charge in [0, 0.05) is 36.5 Å². The molecule has 2 heterocycles. The maximum Gasteiger partial charge on any atom is 0.355 e. The second-order valence-corrected chi connectivity index (χ2v) is 9.14. The smallest absolute Gasteiger partial charge is 0.355 e. The second-order valence-electron chi connectivity index (χ2n) is 9.14. The molecular weight excluding hydrogens is 394 g/mol. The van der Waals surface area contributed by atoms with Crippen LogP contribution >= 0.6 is 0 Å². The van der Waals surface area contributed by atoms with Crippen molar-refractivity contribution in [3.63, 3.8) is 0 Å². The molecule has 1 aromatic carbocycles. The lowest BCUT2D eigenvalue weighted by Crippen LogP contribution is -2.41. The van der Waals surface area contributed by atoms with Gasteiger partial charge < -0.3 is 25.1 Å². The number of rotatable bonds is 9. The number of esters is 1. The monoisotopic (exact) mass is 427 g/mol. The quantitative estimate of drug-likeness (QED) is 0.598. The molecule has 0 atom stereocenters. The Labute approximate surface area is 183 Å². The molecule has 1 saturated heterocycles. The summed E-state index contributed by atoms with van der Waals surface area (Å²) in [6.45, 7) is 6.97. The van der Waals surface area contributed by atoms with Gasteiger partial charge in [0.15, 0.2) is 0 Å².